The van der Waals surface area contributed by atoms with Crippen molar-refractivity contribution in [1.82, 2.24) is 19.9 Å². The van der Waals surface area contributed by atoms with Gasteiger partial charge in [-0.1, -0.05) is 6.92 Å². The molecule has 0 aromatic carbocycles. The highest BCUT2D eigenvalue weighted by molar-refractivity contribution is 5.94. The number of imidazole rings is 1. The van der Waals surface area contributed by atoms with Gasteiger partial charge in [0.2, 0.25) is 0 Å². The van der Waals surface area contributed by atoms with Crippen molar-refractivity contribution in [3.63, 3.8) is 0 Å². The number of pyridine rings is 1. The number of carbonyl (C=O) groups excluding carboxylic acids is 1. The molecule has 3 rings (SSSR count). The van der Waals surface area contributed by atoms with E-state index in [4.69, 9.17) is 0 Å². The van der Waals surface area contributed by atoms with E-state index in [0.29, 0.717) is 37.0 Å². The molecule has 116 valence electrons. The smallest absolute Gasteiger partial charge is 0.311 e. The lowest BCUT2D eigenvalue weighted by Crippen LogP contribution is -2.49. The number of H-pyrrole nitrogens is 1. The van der Waals surface area contributed by atoms with Crippen LogP contribution >= 0.6 is 0 Å². The first-order chi connectivity index (χ1) is 10.6. The number of fused-ring (bicyclic) bond motifs is 1. The van der Waals surface area contributed by atoms with Crippen LogP contribution in [0.15, 0.2) is 18.3 Å². The molecule has 7 nitrogen and oxygen atoms in total. The number of nitrogens with zero attached hydrogens (tertiary/aromatic N) is 3. The first-order valence-electron chi connectivity index (χ1n) is 7.39. The largest absolute Gasteiger partial charge is 0.481 e. The van der Waals surface area contributed by atoms with E-state index < -0.39 is 11.4 Å². The predicted octanol–water partition coefficient (Wildman–Crippen LogP) is 1.67. The van der Waals surface area contributed by atoms with Crippen LogP contribution in [0.2, 0.25) is 0 Å². The van der Waals surface area contributed by atoms with Gasteiger partial charge >= 0.3 is 5.97 Å². The lowest BCUT2D eigenvalue weighted by atomic mass is 9.77. The Bertz CT molecular complexity index is 693. The van der Waals surface area contributed by atoms with Gasteiger partial charge in [-0.25, -0.2) is 9.97 Å². The Morgan fingerprint density at radius 3 is 3.00 bits per heavy atom. The fraction of sp³-hybridized carbons (Fsp3) is 0.467. The summed E-state index contributed by atoms with van der Waals surface area (Å²) in [5, 5.41) is 9.50. The number of carboxylic acids is 1. The molecule has 1 aliphatic heterocycles. The zero-order chi connectivity index (χ0) is 15.7. The first-order valence-corrected chi connectivity index (χ1v) is 7.39. The minimum atomic E-state index is -0.849. The summed E-state index contributed by atoms with van der Waals surface area (Å²) in [6, 6.07) is 3.57. The highest BCUT2D eigenvalue weighted by Crippen LogP contribution is 2.34. The quantitative estimate of drug-likeness (QED) is 0.898. The number of carboxylic acid groups (broad SMARTS) is 1. The lowest BCUT2D eigenvalue weighted by Gasteiger charge is -2.39. The third-order valence-electron chi connectivity index (χ3n) is 4.45. The number of aliphatic carboxylic acids is 1. The number of nitrogens with one attached hydrogen (secondary N) is 1. The molecular weight excluding hydrogens is 284 g/mol. The number of aromatic amines is 1. The van der Waals surface area contributed by atoms with Crippen molar-refractivity contribution < 1.29 is 14.7 Å². The van der Waals surface area contributed by atoms with Crippen molar-refractivity contribution >= 4 is 23.0 Å². The maximum Gasteiger partial charge on any atom is 0.311 e. The van der Waals surface area contributed by atoms with Gasteiger partial charge in [0.05, 0.1) is 10.9 Å². The van der Waals surface area contributed by atoms with Gasteiger partial charge in [-0.3, -0.25) is 9.59 Å². The normalized spacial score (nSPS) is 22.0. The summed E-state index contributed by atoms with van der Waals surface area (Å²) in [5.74, 6) is -0.887. The number of amides is 1. The van der Waals surface area contributed by atoms with E-state index in [2.05, 4.69) is 15.0 Å². The van der Waals surface area contributed by atoms with Gasteiger partial charge in [-0.2, -0.15) is 0 Å². The average molecular weight is 302 g/mol. The van der Waals surface area contributed by atoms with Crippen molar-refractivity contribution in [1.29, 1.82) is 0 Å². The molecule has 0 spiro atoms. The van der Waals surface area contributed by atoms with E-state index >= 15 is 0 Å². The molecule has 2 aromatic heterocycles. The number of rotatable bonds is 3. The Morgan fingerprint density at radius 1 is 1.50 bits per heavy atom. The molecule has 0 saturated carbocycles. The van der Waals surface area contributed by atoms with E-state index in [-0.39, 0.29) is 18.3 Å². The van der Waals surface area contributed by atoms with Crippen LogP contribution in [0.4, 0.5) is 0 Å². The Hall–Kier alpha value is -2.44. The highest BCUT2D eigenvalue weighted by atomic mass is 16.4. The zero-order valence-electron chi connectivity index (χ0n) is 12.4. The molecule has 7 heteroatoms. The molecule has 1 amide bonds. The fourth-order valence-corrected chi connectivity index (χ4v) is 3.02. The van der Waals surface area contributed by atoms with Crippen molar-refractivity contribution in [2.75, 3.05) is 13.1 Å². The number of aromatic nitrogens is 3. The van der Waals surface area contributed by atoms with Gasteiger partial charge in [0.25, 0.3) is 5.91 Å². The van der Waals surface area contributed by atoms with Gasteiger partial charge in [0.1, 0.15) is 0 Å². The number of hydrogen-bond donors (Lipinski definition) is 2. The standard InChI is InChI=1S/C15H18N4O3/c1-2-15(14(21)22)6-4-8-19(9-15)13(20)12-17-10-5-3-7-16-11(10)18-12/h3,5,7H,2,4,6,8-9H2,1H3,(H,21,22)(H,16,17,18). The molecule has 22 heavy (non-hydrogen) atoms. The SMILES string of the molecule is CCC1(C(=O)O)CCCN(C(=O)c2nc3ncccc3[nH]2)C1. The van der Waals surface area contributed by atoms with Crippen LogP contribution in [0.1, 0.15) is 36.8 Å². The second kappa shape index (κ2) is 5.40. The molecule has 1 fully saturated rings. The minimum absolute atomic E-state index is 0.214. The molecule has 1 atom stereocenters. The van der Waals surface area contributed by atoms with Crippen molar-refractivity contribution in [3.05, 3.63) is 24.2 Å². The first kappa shape index (κ1) is 14.5. The summed E-state index contributed by atoms with van der Waals surface area (Å²) in [4.78, 5) is 37.0. The molecule has 0 bridgehead atoms. The summed E-state index contributed by atoms with van der Waals surface area (Å²) < 4.78 is 0. The van der Waals surface area contributed by atoms with Gasteiger partial charge in [0, 0.05) is 19.3 Å². The third-order valence-corrected chi connectivity index (χ3v) is 4.45. The molecule has 1 unspecified atom stereocenters. The summed E-state index contributed by atoms with van der Waals surface area (Å²) >= 11 is 0. The summed E-state index contributed by atoms with van der Waals surface area (Å²) in [5.41, 5.74) is 0.337. The Kier molecular flexibility index (Phi) is 3.56. The van der Waals surface area contributed by atoms with Crippen LogP contribution in [0.25, 0.3) is 11.2 Å². The summed E-state index contributed by atoms with van der Waals surface area (Å²) in [6.07, 6.45) is 3.41. The molecule has 0 aliphatic carbocycles. The molecule has 0 radical (unpaired) electrons. The van der Waals surface area contributed by atoms with Gasteiger partial charge in [-0.15, -0.1) is 0 Å². The van der Waals surface area contributed by atoms with Gasteiger partial charge in [-0.05, 0) is 31.4 Å². The van der Waals surface area contributed by atoms with Crippen LogP contribution in [-0.2, 0) is 4.79 Å². The molecular formula is C15H18N4O3. The van der Waals surface area contributed by atoms with Gasteiger partial charge in [0.15, 0.2) is 11.5 Å². The topological polar surface area (TPSA) is 99.2 Å². The predicted molar refractivity (Wildman–Crippen MR) is 79.4 cm³/mol. The van der Waals surface area contributed by atoms with E-state index in [1.165, 1.54) is 0 Å². The van der Waals surface area contributed by atoms with Crippen molar-refractivity contribution in [3.8, 4) is 0 Å². The number of likely N-dealkylation sites (tertiary alicyclic amines) is 1. The monoisotopic (exact) mass is 302 g/mol. The van der Waals surface area contributed by atoms with E-state index in [9.17, 15) is 14.7 Å². The summed E-state index contributed by atoms with van der Waals surface area (Å²) in [7, 11) is 0. The second-order valence-corrected chi connectivity index (χ2v) is 5.73. The molecule has 1 saturated heterocycles. The molecule has 1 aliphatic rings. The number of hydrogen-bond acceptors (Lipinski definition) is 4. The number of piperidine rings is 1. The third kappa shape index (κ3) is 2.32. The average Bonchev–Trinajstić information content (AvgIpc) is 2.98. The van der Waals surface area contributed by atoms with Crippen LogP contribution in [-0.4, -0.2) is 49.9 Å². The number of carbonyl (C=O) groups is 2. The zero-order valence-corrected chi connectivity index (χ0v) is 12.4. The van der Waals surface area contributed by atoms with Crippen LogP contribution in [0.5, 0.6) is 0 Å². The second-order valence-electron chi connectivity index (χ2n) is 5.73. The molecule has 2 aromatic rings. The highest BCUT2D eigenvalue weighted by Gasteiger charge is 2.42. The van der Waals surface area contributed by atoms with Crippen molar-refractivity contribution in [2.24, 2.45) is 5.41 Å². The molecule has 3 heterocycles. The summed E-state index contributed by atoms with van der Waals surface area (Å²) in [6.45, 7) is 2.63. The van der Waals surface area contributed by atoms with E-state index in [0.717, 1.165) is 0 Å². The molecule has 2 N–H and O–H groups in total. The lowest BCUT2D eigenvalue weighted by molar-refractivity contribution is -0.152. The van der Waals surface area contributed by atoms with E-state index in [1.807, 2.05) is 6.92 Å². The van der Waals surface area contributed by atoms with Crippen molar-refractivity contribution in [2.45, 2.75) is 26.2 Å². The Balaban J connectivity index is 1.86. The van der Waals surface area contributed by atoms with E-state index in [1.54, 1.807) is 23.2 Å². The van der Waals surface area contributed by atoms with Crippen LogP contribution < -0.4 is 0 Å². The minimum Gasteiger partial charge on any atom is -0.481 e. The van der Waals surface area contributed by atoms with Crippen LogP contribution in [0.3, 0.4) is 0 Å². The Morgan fingerprint density at radius 2 is 2.32 bits per heavy atom. The maximum atomic E-state index is 12.6. The Labute approximate surface area is 127 Å². The fourth-order valence-electron chi connectivity index (χ4n) is 3.02. The van der Waals surface area contributed by atoms with Crippen LogP contribution in [0, 0.1) is 5.41 Å². The maximum absolute atomic E-state index is 12.6. The van der Waals surface area contributed by atoms with Gasteiger partial charge < -0.3 is 15.0 Å².